The van der Waals surface area contributed by atoms with Crippen molar-refractivity contribution in [2.75, 3.05) is 4.72 Å². The van der Waals surface area contributed by atoms with Crippen molar-refractivity contribution in [3.63, 3.8) is 0 Å². The van der Waals surface area contributed by atoms with Crippen LogP contribution in [0.4, 0.5) is 5.69 Å². The number of carboxylic acid groups (broad SMARTS) is 1. The fraction of sp³-hybridized carbons (Fsp3) is 0. The quantitative estimate of drug-likeness (QED) is 0.686. The minimum atomic E-state index is -3.85. The molecule has 5 nitrogen and oxygen atoms in total. The summed E-state index contributed by atoms with van der Waals surface area (Å²) in [6.07, 6.45) is 0. The number of hydrogen-bond donors (Lipinski definition) is 2. The van der Waals surface area contributed by atoms with Crippen LogP contribution in [0, 0.1) is 0 Å². The molecule has 1 aromatic heterocycles. The molecule has 0 aliphatic heterocycles. The van der Waals surface area contributed by atoms with Crippen LogP contribution in [-0.4, -0.2) is 19.5 Å². The van der Waals surface area contributed by atoms with Gasteiger partial charge < -0.3 is 5.11 Å². The van der Waals surface area contributed by atoms with Gasteiger partial charge in [0.2, 0.25) is 0 Å². The molecule has 0 saturated carbocycles. The average molecular weight is 476 g/mol. The van der Waals surface area contributed by atoms with Gasteiger partial charge in [0.25, 0.3) is 10.0 Å². The van der Waals surface area contributed by atoms with E-state index in [-0.39, 0.29) is 15.5 Å². The fourth-order valence-electron chi connectivity index (χ4n) is 1.39. The van der Waals surface area contributed by atoms with Crippen LogP contribution >= 0.6 is 54.8 Å². The van der Waals surface area contributed by atoms with Crippen LogP contribution in [0.25, 0.3) is 0 Å². The third-order valence-corrected chi connectivity index (χ3v) is 7.35. The molecule has 0 fully saturated rings. The highest BCUT2D eigenvalue weighted by molar-refractivity contribution is 9.11. The summed E-state index contributed by atoms with van der Waals surface area (Å²) < 4.78 is 27.8. The summed E-state index contributed by atoms with van der Waals surface area (Å²) in [5, 5.41) is 9.23. The Morgan fingerprint density at radius 2 is 1.95 bits per heavy atom. The first-order valence-corrected chi connectivity index (χ1v) is 9.47. The second-order valence-corrected chi connectivity index (χ2v) is 9.33. The maximum atomic E-state index is 12.3. The van der Waals surface area contributed by atoms with E-state index in [0.717, 1.165) is 11.3 Å². The molecule has 2 aromatic rings. The van der Waals surface area contributed by atoms with Crippen molar-refractivity contribution < 1.29 is 18.3 Å². The van der Waals surface area contributed by atoms with E-state index in [2.05, 4.69) is 36.6 Å². The van der Waals surface area contributed by atoms with Crippen molar-refractivity contribution in [3.8, 4) is 0 Å². The Kier molecular flexibility index (Phi) is 4.99. The van der Waals surface area contributed by atoms with E-state index >= 15 is 0 Å². The second-order valence-electron chi connectivity index (χ2n) is 3.79. The number of nitrogens with one attached hydrogen (secondary N) is 1. The highest BCUT2D eigenvalue weighted by Gasteiger charge is 2.20. The first-order valence-electron chi connectivity index (χ1n) is 5.21. The molecule has 0 aliphatic carbocycles. The lowest BCUT2D eigenvalue weighted by atomic mass is 10.2. The Morgan fingerprint density at radius 3 is 2.48 bits per heavy atom. The predicted octanol–water partition coefficient (Wildman–Crippen LogP) is 4.43. The van der Waals surface area contributed by atoms with Crippen LogP contribution in [-0.2, 0) is 10.0 Å². The molecule has 1 aromatic carbocycles. The van der Waals surface area contributed by atoms with E-state index in [1.165, 1.54) is 24.3 Å². The maximum absolute atomic E-state index is 12.3. The summed E-state index contributed by atoms with van der Waals surface area (Å²) in [5.74, 6) is -1.15. The minimum Gasteiger partial charge on any atom is -0.478 e. The maximum Gasteiger partial charge on any atom is 0.335 e. The van der Waals surface area contributed by atoms with Gasteiger partial charge in [0.05, 0.1) is 20.1 Å². The van der Waals surface area contributed by atoms with Crippen molar-refractivity contribution in [3.05, 3.63) is 43.1 Å². The van der Waals surface area contributed by atoms with Crippen LogP contribution < -0.4 is 4.72 Å². The number of hydrogen-bond acceptors (Lipinski definition) is 4. The highest BCUT2D eigenvalue weighted by Crippen LogP contribution is 2.36. The number of carbonyl (C=O) groups is 1. The molecule has 0 aliphatic rings. The van der Waals surface area contributed by atoms with E-state index in [9.17, 15) is 13.2 Å². The number of thiophene rings is 1. The Labute approximate surface area is 146 Å². The average Bonchev–Trinajstić information content (AvgIpc) is 2.73. The summed E-state index contributed by atoms with van der Waals surface area (Å²) in [7, 11) is -3.85. The molecule has 10 heteroatoms. The first kappa shape index (κ1) is 16.8. The van der Waals surface area contributed by atoms with E-state index in [1.807, 2.05) is 0 Å². The minimum absolute atomic E-state index is 0.0204. The van der Waals surface area contributed by atoms with Gasteiger partial charge in [-0.15, -0.1) is 11.3 Å². The lowest BCUT2D eigenvalue weighted by molar-refractivity contribution is 0.0697. The van der Waals surface area contributed by atoms with Crippen LogP contribution in [0.15, 0.2) is 36.7 Å². The van der Waals surface area contributed by atoms with E-state index in [0.29, 0.717) is 13.3 Å². The van der Waals surface area contributed by atoms with Crippen molar-refractivity contribution in [2.24, 2.45) is 0 Å². The Bertz CT molecular complexity index is 800. The number of sulfonamides is 1. The van der Waals surface area contributed by atoms with Crippen molar-refractivity contribution in [1.82, 2.24) is 0 Å². The van der Waals surface area contributed by atoms with Gasteiger partial charge in [-0.3, -0.25) is 4.72 Å². The van der Waals surface area contributed by atoms with Gasteiger partial charge in [0.15, 0.2) is 0 Å². The molecule has 2 rings (SSSR count). The number of anilines is 1. The fourth-order valence-corrected chi connectivity index (χ4v) is 5.34. The summed E-state index contributed by atoms with van der Waals surface area (Å²) >= 11 is 13.1. The van der Waals surface area contributed by atoms with Crippen LogP contribution in [0.3, 0.4) is 0 Å². The summed E-state index contributed by atoms with van der Waals surface area (Å²) in [6, 6.07) is 5.36. The van der Waals surface area contributed by atoms with Crippen molar-refractivity contribution in [1.29, 1.82) is 0 Å². The Hall–Kier alpha value is -0.610. The molecule has 0 saturated heterocycles. The SMILES string of the molecule is O=C(O)c1ccc(Br)c(NS(=O)(=O)c2cc(Cl)c(Br)s2)c1. The van der Waals surface area contributed by atoms with Gasteiger partial charge in [-0.25, -0.2) is 13.2 Å². The molecule has 112 valence electrons. The molecular weight excluding hydrogens is 470 g/mol. The second kappa shape index (κ2) is 6.25. The highest BCUT2D eigenvalue weighted by atomic mass is 79.9. The van der Waals surface area contributed by atoms with Gasteiger partial charge >= 0.3 is 5.97 Å². The van der Waals surface area contributed by atoms with Gasteiger partial charge in [0, 0.05) is 4.47 Å². The molecule has 0 bridgehead atoms. The molecule has 2 N–H and O–H groups in total. The number of carboxylic acids is 1. The van der Waals surface area contributed by atoms with Gasteiger partial charge in [-0.05, 0) is 56.1 Å². The topological polar surface area (TPSA) is 83.5 Å². The molecule has 1 heterocycles. The standard InChI is InChI=1S/C11H6Br2ClNO4S2/c12-6-2-1-5(11(16)17)3-8(6)15-21(18,19)9-4-7(14)10(13)20-9/h1-4,15H,(H,16,17). The van der Waals surface area contributed by atoms with E-state index < -0.39 is 16.0 Å². The number of halogens is 3. The molecule has 0 radical (unpaired) electrons. The summed E-state index contributed by atoms with van der Waals surface area (Å²) in [6.45, 7) is 0. The third-order valence-electron chi connectivity index (χ3n) is 2.35. The van der Waals surface area contributed by atoms with Crippen LogP contribution in [0.5, 0.6) is 0 Å². The Balaban J connectivity index is 2.41. The zero-order valence-electron chi connectivity index (χ0n) is 9.93. The monoisotopic (exact) mass is 473 g/mol. The van der Waals surface area contributed by atoms with Gasteiger partial charge in [0.1, 0.15) is 4.21 Å². The lowest BCUT2D eigenvalue weighted by Crippen LogP contribution is -2.12. The molecular formula is C11H6Br2ClNO4S2. The lowest BCUT2D eigenvalue weighted by Gasteiger charge is -2.09. The predicted molar refractivity (Wildman–Crippen MR) is 88.9 cm³/mol. The zero-order chi connectivity index (χ0) is 15.8. The van der Waals surface area contributed by atoms with Gasteiger partial charge in [-0.2, -0.15) is 0 Å². The number of benzene rings is 1. The molecule has 0 unspecified atom stereocenters. The molecule has 0 spiro atoms. The summed E-state index contributed by atoms with van der Waals surface area (Å²) in [5.41, 5.74) is 0.108. The smallest absolute Gasteiger partial charge is 0.335 e. The zero-order valence-corrected chi connectivity index (χ0v) is 15.5. The molecule has 0 amide bonds. The van der Waals surface area contributed by atoms with Gasteiger partial charge in [-0.1, -0.05) is 11.6 Å². The van der Waals surface area contributed by atoms with Crippen LogP contribution in [0.1, 0.15) is 10.4 Å². The third kappa shape index (κ3) is 3.78. The molecule has 0 atom stereocenters. The Morgan fingerprint density at radius 1 is 1.29 bits per heavy atom. The normalized spacial score (nSPS) is 11.4. The number of aromatic carboxylic acids is 1. The van der Waals surface area contributed by atoms with Crippen LogP contribution in [0.2, 0.25) is 5.02 Å². The molecule has 21 heavy (non-hydrogen) atoms. The number of rotatable bonds is 4. The van der Waals surface area contributed by atoms with Crippen molar-refractivity contribution >= 4 is 76.5 Å². The first-order chi connectivity index (χ1) is 9.70. The van der Waals surface area contributed by atoms with Crippen molar-refractivity contribution in [2.45, 2.75) is 4.21 Å². The van der Waals surface area contributed by atoms with E-state index in [4.69, 9.17) is 16.7 Å². The largest absolute Gasteiger partial charge is 0.478 e. The van der Waals surface area contributed by atoms with E-state index in [1.54, 1.807) is 0 Å². The summed E-state index contributed by atoms with van der Waals surface area (Å²) in [4.78, 5) is 10.9.